The fourth-order valence-corrected chi connectivity index (χ4v) is 2.15. The van der Waals surface area contributed by atoms with Crippen LogP contribution in [0.3, 0.4) is 0 Å². The topological polar surface area (TPSA) is 61.9 Å². The second-order valence-electron chi connectivity index (χ2n) is 4.46. The van der Waals surface area contributed by atoms with Crippen molar-refractivity contribution in [2.24, 2.45) is 0 Å². The average Bonchev–Trinajstić information content (AvgIpc) is 2.39. The number of morpholine rings is 1. The number of nitrogens with one attached hydrogen (secondary N) is 1. The minimum Gasteiger partial charge on any atom is -0.377 e. The van der Waals surface area contributed by atoms with E-state index in [9.17, 15) is 9.59 Å². The summed E-state index contributed by atoms with van der Waals surface area (Å²) in [5, 5.41) is 3.16. The fourth-order valence-electron chi connectivity index (χ4n) is 2.15. The number of ether oxygens (including phenoxy) is 1. The zero-order chi connectivity index (χ0) is 12.3. The molecular formula is C11H19N3O3. The van der Waals surface area contributed by atoms with Gasteiger partial charge in [-0.15, -0.1) is 0 Å². The summed E-state index contributed by atoms with van der Waals surface area (Å²) in [5.41, 5.74) is 0. The molecule has 0 aromatic carbocycles. The van der Waals surface area contributed by atoms with Crippen molar-refractivity contribution in [1.29, 1.82) is 0 Å². The third kappa shape index (κ3) is 2.76. The molecule has 0 aromatic heterocycles. The van der Waals surface area contributed by atoms with Crippen molar-refractivity contribution in [3.63, 3.8) is 0 Å². The number of carbonyl (C=O) groups is 2. The van der Waals surface area contributed by atoms with Crippen molar-refractivity contribution in [3.05, 3.63) is 0 Å². The van der Waals surface area contributed by atoms with E-state index < -0.39 is 0 Å². The van der Waals surface area contributed by atoms with Crippen LogP contribution in [0.15, 0.2) is 0 Å². The number of hydrogen-bond donors (Lipinski definition) is 1. The van der Waals surface area contributed by atoms with Crippen molar-refractivity contribution in [1.82, 2.24) is 15.1 Å². The number of carbonyl (C=O) groups excluding carboxylic acids is 2. The van der Waals surface area contributed by atoms with Gasteiger partial charge in [0.2, 0.25) is 0 Å². The van der Waals surface area contributed by atoms with Crippen LogP contribution in [0.5, 0.6) is 0 Å². The fraction of sp³-hybridized carbons (Fsp3) is 0.818. The van der Waals surface area contributed by atoms with Gasteiger partial charge in [0.15, 0.2) is 0 Å². The molecule has 6 nitrogen and oxygen atoms in total. The van der Waals surface area contributed by atoms with Crippen LogP contribution in [0.1, 0.15) is 6.92 Å². The van der Waals surface area contributed by atoms with E-state index in [1.165, 1.54) is 0 Å². The van der Waals surface area contributed by atoms with E-state index in [1.807, 2.05) is 6.92 Å². The van der Waals surface area contributed by atoms with Crippen molar-refractivity contribution in [2.45, 2.75) is 13.0 Å². The molecule has 2 rings (SSSR count). The predicted molar refractivity (Wildman–Crippen MR) is 61.4 cm³/mol. The van der Waals surface area contributed by atoms with Crippen molar-refractivity contribution in [2.75, 3.05) is 45.9 Å². The summed E-state index contributed by atoms with van der Waals surface area (Å²) in [4.78, 5) is 27.3. The summed E-state index contributed by atoms with van der Waals surface area (Å²) < 4.78 is 5.26. The first-order valence-corrected chi connectivity index (χ1v) is 6.08. The Balaban J connectivity index is 1.95. The van der Waals surface area contributed by atoms with E-state index in [1.54, 1.807) is 9.80 Å². The van der Waals surface area contributed by atoms with Gasteiger partial charge in [0.1, 0.15) is 0 Å². The van der Waals surface area contributed by atoms with Gasteiger partial charge in [0.25, 0.3) is 0 Å². The van der Waals surface area contributed by atoms with E-state index in [0.717, 1.165) is 13.1 Å². The minimum absolute atomic E-state index is 0.0110. The maximum atomic E-state index is 12.1. The molecule has 0 aliphatic carbocycles. The molecule has 2 fully saturated rings. The van der Waals surface area contributed by atoms with Gasteiger partial charge in [0.05, 0.1) is 19.3 Å². The molecule has 0 bridgehead atoms. The molecule has 0 aromatic rings. The third-order valence-corrected chi connectivity index (χ3v) is 3.22. The van der Waals surface area contributed by atoms with Gasteiger partial charge in [0, 0.05) is 32.7 Å². The molecule has 2 amide bonds. The molecule has 96 valence electrons. The summed E-state index contributed by atoms with van der Waals surface area (Å²) in [7, 11) is 0. The molecule has 17 heavy (non-hydrogen) atoms. The Morgan fingerprint density at radius 2 is 1.88 bits per heavy atom. The van der Waals surface area contributed by atoms with E-state index >= 15 is 0 Å². The van der Waals surface area contributed by atoms with Crippen LogP contribution in [0, 0.1) is 0 Å². The SMILES string of the molecule is CC1COCCN1C(=O)C(=O)N1CCNCC1. The van der Waals surface area contributed by atoms with Crippen LogP contribution in [-0.2, 0) is 14.3 Å². The Kier molecular flexibility index (Phi) is 3.96. The summed E-state index contributed by atoms with van der Waals surface area (Å²) >= 11 is 0. The largest absolute Gasteiger partial charge is 0.377 e. The molecule has 1 N–H and O–H groups in total. The van der Waals surface area contributed by atoms with Crippen molar-refractivity contribution in [3.8, 4) is 0 Å². The van der Waals surface area contributed by atoms with E-state index in [4.69, 9.17) is 4.74 Å². The van der Waals surface area contributed by atoms with E-state index in [0.29, 0.717) is 32.8 Å². The molecule has 2 saturated heterocycles. The van der Waals surface area contributed by atoms with Crippen molar-refractivity contribution < 1.29 is 14.3 Å². The maximum absolute atomic E-state index is 12.1. The number of amides is 2. The third-order valence-electron chi connectivity index (χ3n) is 3.22. The highest BCUT2D eigenvalue weighted by atomic mass is 16.5. The highest BCUT2D eigenvalue weighted by Gasteiger charge is 2.31. The normalized spacial score (nSPS) is 25.8. The lowest BCUT2D eigenvalue weighted by molar-refractivity contribution is -0.156. The standard InChI is InChI=1S/C11H19N3O3/c1-9-8-17-7-6-14(9)11(16)10(15)13-4-2-12-3-5-13/h9,12H,2-8H2,1H3. The summed E-state index contributed by atoms with van der Waals surface area (Å²) in [6, 6.07) is -0.0110. The van der Waals surface area contributed by atoms with E-state index in [2.05, 4.69) is 5.32 Å². The Morgan fingerprint density at radius 3 is 2.53 bits per heavy atom. The van der Waals surface area contributed by atoms with Gasteiger partial charge in [-0.2, -0.15) is 0 Å². The Bertz CT molecular complexity index is 302. The number of piperazine rings is 1. The van der Waals surface area contributed by atoms with E-state index in [-0.39, 0.29) is 17.9 Å². The van der Waals surface area contributed by atoms with Gasteiger partial charge in [-0.3, -0.25) is 9.59 Å². The monoisotopic (exact) mass is 241 g/mol. The first-order valence-electron chi connectivity index (χ1n) is 6.08. The molecule has 6 heteroatoms. The van der Waals surface area contributed by atoms with Gasteiger partial charge in [-0.05, 0) is 6.92 Å². The summed E-state index contributed by atoms with van der Waals surface area (Å²) in [5.74, 6) is -0.761. The van der Waals surface area contributed by atoms with Gasteiger partial charge < -0.3 is 19.9 Å². The molecule has 0 spiro atoms. The highest BCUT2D eigenvalue weighted by molar-refractivity contribution is 6.35. The van der Waals surface area contributed by atoms with Crippen molar-refractivity contribution >= 4 is 11.8 Å². The quantitative estimate of drug-likeness (QED) is 0.534. The number of hydrogen-bond acceptors (Lipinski definition) is 4. The molecule has 2 heterocycles. The zero-order valence-electron chi connectivity index (χ0n) is 10.1. The van der Waals surface area contributed by atoms with Crippen LogP contribution < -0.4 is 5.32 Å². The van der Waals surface area contributed by atoms with Gasteiger partial charge in [-0.1, -0.05) is 0 Å². The second kappa shape index (κ2) is 5.46. The Hall–Kier alpha value is -1.14. The number of nitrogens with zero attached hydrogens (tertiary/aromatic N) is 2. The lowest BCUT2D eigenvalue weighted by Gasteiger charge is -2.35. The van der Waals surface area contributed by atoms with Crippen LogP contribution in [0.25, 0.3) is 0 Å². The van der Waals surface area contributed by atoms with Crippen LogP contribution in [0.4, 0.5) is 0 Å². The zero-order valence-corrected chi connectivity index (χ0v) is 10.1. The molecule has 0 radical (unpaired) electrons. The highest BCUT2D eigenvalue weighted by Crippen LogP contribution is 2.08. The van der Waals surface area contributed by atoms with Crippen LogP contribution in [0.2, 0.25) is 0 Å². The molecular weight excluding hydrogens is 222 g/mol. The molecule has 1 atom stereocenters. The smallest absolute Gasteiger partial charge is 0.312 e. The molecule has 2 aliphatic rings. The molecule has 1 unspecified atom stereocenters. The average molecular weight is 241 g/mol. The molecule has 0 saturated carbocycles. The van der Waals surface area contributed by atoms with Gasteiger partial charge in [-0.25, -0.2) is 0 Å². The summed E-state index contributed by atoms with van der Waals surface area (Å²) in [6.07, 6.45) is 0. The van der Waals surface area contributed by atoms with Crippen LogP contribution >= 0.6 is 0 Å². The first kappa shape index (κ1) is 12.3. The predicted octanol–water partition coefficient (Wildman–Crippen LogP) is -1.33. The lowest BCUT2D eigenvalue weighted by Crippen LogP contribution is -2.56. The Morgan fingerprint density at radius 1 is 1.18 bits per heavy atom. The first-order chi connectivity index (χ1) is 8.20. The van der Waals surface area contributed by atoms with Gasteiger partial charge >= 0.3 is 11.8 Å². The number of rotatable bonds is 0. The minimum atomic E-state index is -0.386. The second-order valence-corrected chi connectivity index (χ2v) is 4.46. The maximum Gasteiger partial charge on any atom is 0.312 e. The van der Waals surface area contributed by atoms with Crippen LogP contribution in [-0.4, -0.2) is 73.6 Å². The molecule has 2 aliphatic heterocycles. The lowest BCUT2D eigenvalue weighted by atomic mass is 10.2. The Labute approximate surface area is 101 Å². The summed E-state index contributed by atoms with van der Waals surface area (Å²) in [6.45, 7) is 6.20.